The van der Waals surface area contributed by atoms with Crippen molar-refractivity contribution in [1.82, 2.24) is 0 Å². The molecule has 1 heterocycles. The third kappa shape index (κ3) is 3.91. The zero-order valence-corrected chi connectivity index (χ0v) is 14.6. The Hall–Kier alpha value is -2.59. The Kier molecular flexibility index (Phi) is 5.19. The van der Waals surface area contributed by atoms with Crippen molar-refractivity contribution in [2.75, 3.05) is 11.5 Å². The van der Waals surface area contributed by atoms with Crippen molar-refractivity contribution < 1.29 is 14.3 Å². The fourth-order valence-electron chi connectivity index (χ4n) is 2.96. The summed E-state index contributed by atoms with van der Waals surface area (Å²) in [6.07, 6.45) is 3.65. The molecule has 1 aliphatic rings. The molecule has 3 rings (SSSR count). The number of anilines is 1. The van der Waals surface area contributed by atoms with Crippen LogP contribution in [0.3, 0.4) is 0 Å². The number of nitrogens with zero attached hydrogens (tertiary/aromatic N) is 1. The van der Waals surface area contributed by atoms with Crippen molar-refractivity contribution in [3.8, 4) is 0 Å². The van der Waals surface area contributed by atoms with Crippen molar-refractivity contribution in [1.29, 1.82) is 0 Å². The minimum absolute atomic E-state index is 0.0577. The monoisotopic (exact) mass is 355 g/mol. The first-order valence-electron chi connectivity index (χ1n) is 8.05. The third-order valence-electron chi connectivity index (χ3n) is 4.12. The number of carbonyl (C=O) groups excluding carboxylic acids is 2. The van der Waals surface area contributed by atoms with E-state index in [1.807, 2.05) is 43.3 Å². The van der Waals surface area contributed by atoms with Gasteiger partial charge in [-0.05, 0) is 42.7 Å². The van der Waals surface area contributed by atoms with E-state index in [0.29, 0.717) is 5.02 Å². The Labute approximate surface area is 151 Å². The maximum atomic E-state index is 12.5. The second-order valence-electron chi connectivity index (χ2n) is 5.91. The highest BCUT2D eigenvalue weighted by Gasteiger charge is 2.30. The lowest BCUT2D eigenvalue weighted by Gasteiger charge is -2.22. The van der Waals surface area contributed by atoms with Crippen molar-refractivity contribution in [2.24, 2.45) is 0 Å². The second-order valence-corrected chi connectivity index (χ2v) is 6.32. The number of carbonyl (C=O) groups is 2. The molecule has 1 atom stereocenters. The Bertz CT molecular complexity index is 831. The Balaban J connectivity index is 1.59. The molecule has 0 saturated heterocycles. The van der Waals surface area contributed by atoms with Crippen LogP contribution in [-0.4, -0.2) is 24.5 Å². The number of benzene rings is 2. The van der Waals surface area contributed by atoms with Crippen LogP contribution in [0.4, 0.5) is 5.69 Å². The summed E-state index contributed by atoms with van der Waals surface area (Å²) in [4.78, 5) is 26.0. The van der Waals surface area contributed by atoms with E-state index >= 15 is 0 Å². The molecule has 2 aromatic rings. The highest BCUT2D eigenvalue weighted by Crippen LogP contribution is 2.31. The van der Waals surface area contributed by atoms with Gasteiger partial charge in [-0.15, -0.1) is 0 Å². The molecule has 4 nitrogen and oxygen atoms in total. The summed E-state index contributed by atoms with van der Waals surface area (Å²) in [7, 11) is 0. The summed E-state index contributed by atoms with van der Waals surface area (Å²) in [5.74, 6) is -0.801. The molecule has 1 amide bonds. The average molecular weight is 356 g/mol. The van der Waals surface area contributed by atoms with Gasteiger partial charge in [-0.1, -0.05) is 48.0 Å². The van der Waals surface area contributed by atoms with Crippen molar-refractivity contribution in [2.45, 2.75) is 19.4 Å². The van der Waals surface area contributed by atoms with Gasteiger partial charge in [0.25, 0.3) is 5.91 Å². The lowest BCUT2D eigenvalue weighted by Crippen LogP contribution is -2.38. The number of ether oxygens (including phenoxy) is 1. The molecule has 0 fully saturated rings. The van der Waals surface area contributed by atoms with Gasteiger partial charge in [0.05, 0.1) is 0 Å². The predicted octanol–water partition coefficient (Wildman–Crippen LogP) is 3.87. The van der Waals surface area contributed by atoms with E-state index in [0.717, 1.165) is 23.2 Å². The molecule has 1 unspecified atom stereocenters. The van der Waals surface area contributed by atoms with Crippen LogP contribution < -0.4 is 4.90 Å². The zero-order valence-electron chi connectivity index (χ0n) is 13.8. The molecular formula is C20H18ClNO3. The number of amides is 1. The van der Waals surface area contributed by atoms with Crippen molar-refractivity contribution in [3.05, 3.63) is 70.8 Å². The summed E-state index contributed by atoms with van der Waals surface area (Å²) in [5, 5.41) is 0.546. The number of fused-ring (bicyclic) bond motifs is 1. The van der Waals surface area contributed by atoms with Crippen LogP contribution in [0.1, 0.15) is 18.1 Å². The first kappa shape index (κ1) is 17.2. The molecule has 0 aliphatic carbocycles. The molecule has 0 N–H and O–H groups in total. The Morgan fingerprint density at radius 1 is 1.20 bits per heavy atom. The maximum absolute atomic E-state index is 12.5. The van der Waals surface area contributed by atoms with Crippen LogP contribution in [0.5, 0.6) is 0 Å². The largest absolute Gasteiger partial charge is 0.452 e. The lowest BCUT2D eigenvalue weighted by molar-refractivity contribution is -0.143. The molecule has 0 radical (unpaired) electrons. The Morgan fingerprint density at radius 3 is 2.72 bits per heavy atom. The number of para-hydroxylation sites is 1. The third-order valence-corrected chi connectivity index (χ3v) is 4.46. The van der Waals surface area contributed by atoms with Crippen LogP contribution in [0.15, 0.2) is 54.6 Å². The molecule has 2 aromatic carbocycles. The first-order valence-corrected chi connectivity index (χ1v) is 8.43. The molecule has 1 aliphatic heterocycles. The molecule has 5 heteroatoms. The van der Waals surface area contributed by atoms with E-state index in [1.165, 1.54) is 6.08 Å². The summed E-state index contributed by atoms with van der Waals surface area (Å²) < 4.78 is 5.08. The van der Waals surface area contributed by atoms with Gasteiger partial charge in [-0.25, -0.2) is 4.79 Å². The molecule has 25 heavy (non-hydrogen) atoms. The van der Waals surface area contributed by atoms with Gasteiger partial charge < -0.3 is 9.64 Å². The molecular weight excluding hydrogens is 338 g/mol. The van der Waals surface area contributed by atoms with Crippen molar-refractivity contribution in [3.63, 3.8) is 0 Å². The number of hydrogen-bond donors (Lipinski definition) is 0. The van der Waals surface area contributed by atoms with Gasteiger partial charge in [0, 0.05) is 22.8 Å². The summed E-state index contributed by atoms with van der Waals surface area (Å²) in [6.45, 7) is 1.70. The average Bonchev–Trinajstić information content (AvgIpc) is 2.94. The van der Waals surface area contributed by atoms with Crippen LogP contribution in [0, 0.1) is 0 Å². The van der Waals surface area contributed by atoms with Gasteiger partial charge in [-0.2, -0.15) is 0 Å². The highest BCUT2D eigenvalue weighted by molar-refractivity contribution is 6.32. The van der Waals surface area contributed by atoms with Crippen LogP contribution in [-0.2, 0) is 20.7 Å². The fraction of sp³-hybridized carbons (Fsp3) is 0.200. The maximum Gasteiger partial charge on any atom is 0.331 e. The smallest absolute Gasteiger partial charge is 0.331 e. The quantitative estimate of drug-likeness (QED) is 0.617. The summed E-state index contributed by atoms with van der Waals surface area (Å²) >= 11 is 6.02. The van der Waals surface area contributed by atoms with Gasteiger partial charge in [0.2, 0.25) is 0 Å². The summed E-state index contributed by atoms with van der Waals surface area (Å²) in [6, 6.07) is 15.0. The van der Waals surface area contributed by atoms with Crippen LogP contribution >= 0.6 is 11.6 Å². The van der Waals surface area contributed by atoms with Crippen LogP contribution in [0.25, 0.3) is 6.08 Å². The summed E-state index contributed by atoms with van der Waals surface area (Å²) in [5.41, 5.74) is 2.74. The zero-order chi connectivity index (χ0) is 17.8. The SMILES string of the molecule is CC1Cc2ccccc2N1C(=O)COC(=O)C=Cc1ccccc1Cl. The number of hydrogen-bond acceptors (Lipinski definition) is 3. The van der Waals surface area contributed by atoms with E-state index in [1.54, 1.807) is 23.1 Å². The van der Waals surface area contributed by atoms with Crippen LogP contribution in [0.2, 0.25) is 5.02 Å². The molecule has 0 saturated carbocycles. The molecule has 0 spiro atoms. The standard InChI is InChI=1S/C20H18ClNO3/c1-14-12-16-7-3-5-9-18(16)22(14)19(23)13-25-20(24)11-10-15-6-2-4-8-17(15)21/h2-11,14H,12-13H2,1H3. The topological polar surface area (TPSA) is 46.6 Å². The molecule has 128 valence electrons. The first-order chi connectivity index (χ1) is 12.1. The van der Waals surface area contributed by atoms with E-state index in [9.17, 15) is 9.59 Å². The highest BCUT2D eigenvalue weighted by atomic mass is 35.5. The van der Waals surface area contributed by atoms with E-state index in [-0.39, 0.29) is 18.6 Å². The normalized spacial score (nSPS) is 16.1. The number of esters is 1. The molecule has 0 aromatic heterocycles. The van der Waals surface area contributed by atoms with Gasteiger partial charge in [-0.3, -0.25) is 4.79 Å². The molecule has 0 bridgehead atoms. The van der Waals surface area contributed by atoms with E-state index < -0.39 is 5.97 Å². The Morgan fingerprint density at radius 2 is 1.92 bits per heavy atom. The predicted molar refractivity (Wildman–Crippen MR) is 98.5 cm³/mol. The lowest BCUT2D eigenvalue weighted by atomic mass is 10.1. The second kappa shape index (κ2) is 7.53. The van der Waals surface area contributed by atoms with Gasteiger partial charge in [0.1, 0.15) is 0 Å². The van der Waals surface area contributed by atoms with Gasteiger partial charge >= 0.3 is 5.97 Å². The number of rotatable bonds is 4. The minimum Gasteiger partial charge on any atom is -0.452 e. The van der Waals surface area contributed by atoms with E-state index in [2.05, 4.69) is 0 Å². The number of halogens is 1. The van der Waals surface area contributed by atoms with Crippen molar-refractivity contribution >= 4 is 35.2 Å². The minimum atomic E-state index is -0.576. The van der Waals surface area contributed by atoms with E-state index in [4.69, 9.17) is 16.3 Å². The fourth-order valence-corrected chi connectivity index (χ4v) is 3.16. The van der Waals surface area contributed by atoms with Gasteiger partial charge in [0.15, 0.2) is 6.61 Å².